The monoisotopic (exact) mass is 401 g/mol. The minimum Gasteiger partial charge on any atom is -0.357 e. The Bertz CT molecular complexity index is 675. The molecule has 1 aromatic carbocycles. The molecule has 1 atom stereocenters. The Labute approximate surface area is 174 Å². The summed E-state index contributed by atoms with van der Waals surface area (Å²) < 4.78 is 0. The van der Waals surface area contributed by atoms with Gasteiger partial charge in [-0.1, -0.05) is 30.3 Å². The molecular formula is C22H35N5O2. The summed E-state index contributed by atoms with van der Waals surface area (Å²) in [5.41, 5.74) is 1.25. The van der Waals surface area contributed by atoms with Gasteiger partial charge in [0.25, 0.3) is 0 Å². The van der Waals surface area contributed by atoms with Crippen LogP contribution in [0.15, 0.2) is 35.3 Å². The highest BCUT2D eigenvalue weighted by molar-refractivity contribution is 5.81. The SMILES string of the molecule is CCNC(=NCC1CC(=O)N(CCc2ccccc2)C1)NCCC(=O)NC(C)C. The maximum Gasteiger partial charge on any atom is 0.223 e. The second-order valence-electron chi connectivity index (χ2n) is 7.76. The highest BCUT2D eigenvalue weighted by atomic mass is 16.2. The number of nitrogens with zero attached hydrogens (tertiary/aromatic N) is 2. The van der Waals surface area contributed by atoms with Crippen molar-refractivity contribution >= 4 is 17.8 Å². The Morgan fingerprint density at radius 1 is 1.24 bits per heavy atom. The van der Waals surface area contributed by atoms with Gasteiger partial charge in [0, 0.05) is 57.5 Å². The van der Waals surface area contributed by atoms with Crippen LogP contribution in [0.4, 0.5) is 0 Å². The molecule has 0 saturated carbocycles. The third kappa shape index (κ3) is 8.54. The second-order valence-corrected chi connectivity index (χ2v) is 7.76. The van der Waals surface area contributed by atoms with Gasteiger partial charge in [-0.15, -0.1) is 0 Å². The first-order valence-corrected chi connectivity index (χ1v) is 10.6. The number of benzene rings is 1. The summed E-state index contributed by atoms with van der Waals surface area (Å²) in [6.07, 6.45) is 1.83. The Morgan fingerprint density at radius 2 is 2.00 bits per heavy atom. The fraction of sp³-hybridized carbons (Fsp3) is 0.591. The summed E-state index contributed by atoms with van der Waals surface area (Å²) >= 11 is 0. The molecule has 160 valence electrons. The Balaban J connectivity index is 1.76. The highest BCUT2D eigenvalue weighted by Crippen LogP contribution is 2.18. The number of carbonyl (C=O) groups excluding carboxylic acids is 2. The van der Waals surface area contributed by atoms with Gasteiger partial charge in [0.1, 0.15) is 0 Å². The Kier molecular flexibility index (Phi) is 9.47. The molecule has 0 aromatic heterocycles. The van der Waals surface area contributed by atoms with E-state index in [9.17, 15) is 9.59 Å². The van der Waals surface area contributed by atoms with E-state index in [0.717, 1.165) is 26.1 Å². The average molecular weight is 402 g/mol. The normalized spacial score (nSPS) is 17.0. The number of carbonyl (C=O) groups is 2. The van der Waals surface area contributed by atoms with Crippen LogP contribution in [0.3, 0.4) is 0 Å². The number of amides is 2. The van der Waals surface area contributed by atoms with Crippen LogP contribution < -0.4 is 16.0 Å². The number of aliphatic imine (C=N–C) groups is 1. The Hall–Kier alpha value is -2.57. The molecule has 1 heterocycles. The van der Waals surface area contributed by atoms with E-state index in [4.69, 9.17) is 0 Å². The Morgan fingerprint density at radius 3 is 2.69 bits per heavy atom. The smallest absolute Gasteiger partial charge is 0.223 e. The predicted molar refractivity (Wildman–Crippen MR) is 117 cm³/mol. The van der Waals surface area contributed by atoms with Crippen molar-refractivity contribution in [1.82, 2.24) is 20.9 Å². The van der Waals surface area contributed by atoms with E-state index < -0.39 is 0 Å². The molecule has 0 bridgehead atoms. The molecule has 3 N–H and O–H groups in total. The molecule has 7 heteroatoms. The highest BCUT2D eigenvalue weighted by Gasteiger charge is 2.29. The summed E-state index contributed by atoms with van der Waals surface area (Å²) in [6, 6.07) is 10.4. The number of guanidine groups is 1. The first-order chi connectivity index (χ1) is 14.0. The molecule has 2 amide bonds. The second kappa shape index (κ2) is 12.1. The van der Waals surface area contributed by atoms with Crippen molar-refractivity contribution in [3.63, 3.8) is 0 Å². The zero-order chi connectivity index (χ0) is 21.1. The van der Waals surface area contributed by atoms with Crippen LogP contribution in [-0.2, 0) is 16.0 Å². The van der Waals surface area contributed by atoms with Crippen molar-refractivity contribution in [2.24, 2.45) is 10.9 Å². The molecule has 0 radical (unpaired) electrons. The summed E-state index contributed by atoms with van der Waals surface area (Å²) in [5, 5.41) is 9.27. The van der Waals surface area contributed by atoms with E-state index >= 15 is 0 Å². The third-order valence-electron chi connectivity index (χ3n) is 4.75. The van der Waals surface area contributed by atoms with Crippen LogP contribution in [0.2, 0.25) is 0 Å². The lowest BCUT2D eigenvalue weighted by Crippen LogP contribution is -2.40. The van der Waals surface area contributed by atoms with Gasteiger partial charge in [-0.05, 0) is 32.8 Å². The molecule has 1 saturated heterocycles. The van der Waals surface area contributed by atoms with Gasteiger partial charge in [0.15, 0.2) is 5.96 Å². The maximum absolute atomic E-state index is 12.3. The van der Waals surface area contributed by atoms with Crippen LogP contribution in [0.1, 0.15) is 39.2 Å². The molecule has 7 nitrogen and oxygen atoms in total. The lowest BCUT2D eigenvalue weighted by molar-refractivity contribution is -0.127. The third-order valence-corrected chi connectivity index (χ3v) is 4.75. The van der Waals surface area contributed by atoms with Gasteiger partial charge in [-0.2, -0.15) is 0 Å². The van der Waals surface area contributed by atoms with Crippen LogP contribution in [0.25, 0.3) is 0 Å². The van der Waals surface area contributed by atoms with Crippen molar-refractivity contribution in [3.05, 3.63) is 35.9 Å². The van der Waals surface area contributed by atoms with Crippen molar-refractivity contribution in [1.29, 1.82) is 0 Å². The molecular weight excluding hydrogens is 366 g/mol. The first-order valence-electron chi connectivity index (χ1n) is 10.6. The number of hydrogen-bond donors (Lipinski definition) is 3. The summed E-state index contributed by atoms with van der Waals surface area (Å²) in [6.45, 7) is 9.28. The van der Waals surface area contributed by atoms with E-state index in [1.54, 1.807) is 0 Å². The van der Waals surface area contributed by atoms with Crippen LogP contribution in [0.5, 0.6) is 0 Å². The number of likely N-dealkylation sites (tertiary alicyclic amines) is 1. The average Bonchev–Trinajstić information content (AvgIpc) is 3.04. The van der Waals surface area contributed by atoms with Crippen molar-refractivity contribution in [3.8, 4) is 0 Å². The first kappa shape index (κ1) is 22.7. The fourth-order valence-corrected chi connectivity index (χ4v) is 3.35. The summed E-state index contributed by atoms with van der Waals surface area (Å²) in [4.78, 5) is 30.6. The van der Waals surface area contributed by atoms with E-state index in [0.29, 0.717) is 31.9 Å². The van der Waals surface area contributed by atoms with Crippen LogP contribution in [0, 0.1) is 5.92 Å². The summed E-state index contributed by atoms with van der Waals surface area (Å²) in [5.74, 6) is 1.17. The van der Waals surface area contributed by atoms with Gasteiger partial charge in [0.05, 0.1) is 0 Å². The molecule has 2 rings (SSSR count). The molecule has 1 aliphatic rings. The van der Waals surface area contributed by atoms with Gasteiger partial charge in [-0.25, -0.2) is 0 Å². The number of rotatable bonds is 10. The molecule has 0 spiro atoms. The predicted octanol–water partition coefficient (Wildman–Crippen LogP) is 1.55. The minimum absolute atomic E-state index is 0.0267. The standard InChI is InChI=1S/C22H35N5O2/c1-4-23-22(24-12-10-20(28)26-17(2)3)25-15-19-14-21(29)27(16-19)13-11-18-8-6-5-7-9-18/h5-9,17,19H,4,10-16H2,1-3H3,(H,26,28)(H2,23,24,25). The van der Waals surface area contributed by atoms with Crippen molar-refractivity contribution < 1.29 is 9.59 Å². The largest absolute Gasteiger partial charge is 0.357 e. The zero-order valence-electron chi connectivity index (χ0n) is 17.9. The molecule has 1 aliphatic heterocycles. The quantitative estimate of drug-likeness (QED) is 0.410. The zero-order valence-corrected chi connectivity index (χ0v) is 17.9. The molecule has 1 unspecified atom stereocenters. The molecule has 1 fully saturated rings. The van der Waals surface area contributed by atoms with Crippen molar-refractivity contribution in [2.45, 2.75) is 46.1 Å². The fourth-order valence-electron chi connectivity index (χ4n) is 3.35. The number of nitrogens with one attached hydrogen (secondary N) is 3. The van der Waals surface area contributed by atoms with Gasteiger partial charge in [-0.3, -0.25) is 14.6 Å². The topological polar surface area (TPSA) is 85.8 Å². The van der Waals surface area contributed by atoms with Crippen LogP contribution in [-0.4, -0.2) is 61.4 Å². The molecule has 29 heavy (non-hydrogen) atoms. The van der Waals surface area contributed by atoms with E-state index in [1.807, 2.05) is 43.9 Å². The van der Waals surface area contributed by atoms with Gasteiger partial charge >= 0.3 is 0 Å². The van der Waals surface area contributed by atoms with E-state index in [1.165, 1.54) is 5.56 Å². The molecule has 0 aliphatic carbocycles. The van der Waals surface area contributed by atoms with Crippen molar-refractivity contribution in [2.75, 3.05) is 32.7 Å². The van der Waals surface area contributed by atoms with Crippen LogP contribution >= 0.6 is 0 Å². The summed E-state index contributed by atoms with van der Waals surface area (Å²) in [7, 11) is 0. The van der Waals surface area contributed by atoms with E-state index in [-0.39, 0.29) is 23.8 Å². The maximum atomic E-state index is 12.3. The van der Waals surface area contributed by atoms with Gasteiger partial charge in [0.2, 0.25) is 11.8 Å². The lowest BCUT2D eigenvalue weighted by Gasteiger charge is -2.16. The van der Waals surface area contributed by atoms with E-state index in [2.05, 4.69) is 33.1 Å². The minimum atomic E-state index is 0.0267. The molecule has 1 aromatic rings. The van der Waals surface area contributed by atoms with Gasteiger partial charge < -0.3 is 20.9 Å². The number of hydrogen-bond acceptors (Lipinski definition) is 3. The lowest BCUT2D eigenvalue weighted by atomic mass is 10.1.